The molecule has 0 radical (unpaired) electrons. The Hall–Kier alpha value is -2.87. The number of carbonyl (C=O) groups is 1. The van der Waals surface area contributed by atoms with Gasteiger partial charge in [-0.2, -0.15) is 0 Å². The Bertz CT molecular complexity index is 1050. The number of amides is 1. The predicted molar refractivity (Wildman–Crippen MR) is 114 cm³/mol. The van der Waals surface area contributed by atoms with Crippen LogP contribution in [-0.4, -0.2) is 5.91 Å². The van der Waals surface area contributed by atoms with E-state index in [0.29, 0.717) is 0 Å². The highest BCUT2D eigenvalue weighted by molar-refractivity contribution is 5.98. The van der Waals surface area contributed by atoms with Gasteiger partial charge in [0.05, 0.1) is 5.41 Å². The van der Waals surface area contributed by atoms with Crippen LogP contribution in [-0.2, 0) is 4.79 Å². The number of fused-ring (bicyclic) bond motifs is 1. The largest absolute Gasteiger partial charge is 0.325 e. The van der Waals surface area contributed by atoms with Gasteiger partial charge in [-0.1, -0.05) is 60.7 Å². The average Bonchev–Trinajstić information content (AvgIpc) is 2.71. The highest BCUT2D eigenvalue weighted by Gasteiger charge is 2.53. The topological polar surface area (TPSA) is 29.1 Å². The highest BCUT2D eigenvalue weighted by Crippen LogP contribution is 2.61. The lowest BCUT2D eigenvalue weighted by molar-refractivity contribution is -0.126. The van der Waals surface area contributed by atoms with Crippen molar-refractivity contribution in [2.45, 2.75) is 39.0 Å². The minimum absolute atomic E-state index is 0.0926. The lowest BCUT2D eigenvalue weighted by Gasteiger charge is -2.50. The molecule has 6 rings (SSSR count). The molecule has 0 aliphatic heterocycles. The third-order valence-electron chi connectivity index (χ3n) is 7.00. The van der Waals surface area contributed by atoms with Crippen LogP contribution in [0.1, 0.15) is 58.6 Å². The minimum atomic E-state index is -0.469. The molecule has 0 spiro atoms. The maximum absolute atomic E-state index is 13.7. The molecule has 28 heavy (non-hydrogen) atoms. The molecule has 0 saturated carbocycles. The van der Waals surface area contributed by atoms with E-state index in [-0.39, 0.29) is 17.7 Å². The molecule has 2 heteroatoms. The van der Waals surface area contributed by atoms with E-state index >= 15 is 0 Å². The van der Waals surface area contributed by atoms with Gasteiger partial charge in [0.1, 0.15) is 0 Å². The molecule has 1 amide bonds. The summed E-state index contributed by atoms with van der Waals surface area (Å²) in [5, 5.41) is 3.27. The molecule has 3 aromatic carbocycles. The third kappa shape index (κ3) is 2.30. The zero-order valence-electron chi connectivity index (χ0n) is 16.6. The molecule has 3 aliphatic rings. The maximum Gasteiger partial charge on any atom is 0.231 e. The van der Waals surface area contributed by atoms with Gasteiger partial charge in [0, 0.05) is 17.5 Å². The fourth-order valence-electron chi connectivity index (χ4n) is 5.34. The highest BCUT2D eigenvalue weighted by atomic mass is 16.2. The van der Waals surface area contributed by atoms with Crippen LogP contribution in [0, 0.1) is 19.3 Å². The van der Waals surface area contributed by atoms with Gasteiger partial charge in [-0.25, -0.2) is 0 Å². The van der Waals surface area contributed by atoms with Crippen molar-refractivity contribution in [3.05, 3.63) is 100 Å². The van der Waals surface area contributed by atoms with Crippen molar-refractivity contribution in [1.29, 1.82) is 0 Å². The number of hydrogen-bond donors (Lipinski definition) is 1. The first kappa shape index (κ1) is 17.2. The van der Waals surface area contributed by atoms with Crippen LogP contribution >= 0.6 is 0 Å². The molecule has 3 aliphatic carbocycles. The summed E-state index contributed by atoms with van der Waals surface area (Å²) in [5.74, 6) is 0.502. The van der Waals surface area contributed by atoms with Crippen LogP contribution in [0.25, 0.3) is 0 Å². The van der Waals surface area contributed by atoms with Gasteiger partial charge >= 0.3 is 0 Å². The lowest BCUT2D eigenvalue weighted by atomic mass is 9.52. The summed E-state index contributed by atoms with van der Waals surface area (Å²) < 4.78 is 0. The SMILES string of the molecule is Cc1cccc(NC(=O)[C@]2(C)CC3c4ccccc4C2c2ccccc23)c1C. The monoisotopic (exact) mass is 367 g/mol. The maximum atomic E-state index is 13.7. The van der Waals surface area contributed by atoms with E-state index in [2.05, 4.69) is 80.7 Å². The Morgan fingerprint density at radius 1 is 0.857 bits per heavy atom. The summed E-state index contributed by atoms with van der Waals surface area (Å²) >= 11 is 0. The lowest BCUT2D eigenvalue weighted by Crippen LogP contribution is -2.47. The van der Waals surface area contributed by atoms with E-state index in [9.17, 15) is 4.79 Å². The van der Waals surface area contributed by atoms with Gasteiger partial charge in [0.25, 0.3) is 0 Å². The molecule has 3 aromatic rings. The van der Waals surface area contributed by atoms with E-state index in [0.717, 1.165) is 17.7 Å². The molecular weight excluding hydrogens is 342 g/mol. The summed E-state index contributed by atoms with van der Waals surface area (Å²) in [6.07, 6.45) is 0.850. The Labute approximate surface area is 166 Å². The molecule has 0 fully saturated rings. The third-order valence-corrected chi connectivity index (χ3v) is 7.00. The molecule has 0 aromatic heterocycles. The first-order valence-electron chi connectivity index (χ1n) is 10.1. The number of rotatable bonds is 2. The van der Waals surface area contributed by atoms with Crippen LogP contribution in [0.3, 0.4) is 0 Å². The van der Waals surface area contributed by atoms with E-state index in [1.165, 1.54) is 27.8 Å². The Morgan fingerprint density at radius 3 is 2.04 bits per heavy atom. The van der Waals surface area contributed by atoms with Crippen LogP contribution in [0.15, 0.2) is 66.7 Å². The van der Waals surface area contributed by atoms with E-state index in [1.807, 2.05) is 12.1 Å². The number of nitrogens with one attached hydrogen (secondary N) is 1. The first-order chi connectivity index (χ1) is 13.5. The number of benzene rings is 3. The summed E-state index contributed by atoms with van der Waals surface area (Å²) in [4.78, 5) is 13.7. The zero-order valence-corrected chi connectivity index (χ0v) is 16.6. The molecule has 1 N–H and O–H groups in total. The minimum Gasteiger partial charge on any atom is -0.325 e. The number of aryl methyl sites for hydroxylation is 1. The van der Waals surface area contributed by atoms with Crippen LogP contribution < -0.4 is 5.32 Å². The number of hydrogen-bond acceptors (Lipinski definition) is 1. The van der Waals surface area contributed by atoms with Crippen molar-refractivity contribution in [2.24, 2.45) is 5.41 Å². The van der Waals surface area contributed by atoms with Crippen LogP contribution in [0.4, 0.5) is 5.69 Å². The molecule has 140 valence electrons. The zero-order chi connectivity index (χ0) is 19.5. The first-order valence-corrected chi connectivity index (χ1v) is 10.1. The second-order valence-electron chi connectivity index (χ2n) is 8.57. The van der Waals surface area contributed by atoms with Gasteiger partial charge in [0.2, 0.25) is 5.91 Å². The van der Waals surface area contributed by atoms with Crippen molar-refractivity contribution in [2.75, 3.05) is 5.32 Å². The Morgan fingerprint density at radius 2 is 1.43 bits per heavy atom. The van der Waals surface area contributed by atoms with E-state index in [1.54, 1.807) is 0 Å². The summed E-state index contributed by atoms with van der Waals surface area (Å²) in [6, 6.07) is 23.5. The van der Waals surface area contributed by atoms with Gasteiger partial charge in [-0.3, -0.25) is 4.79 Å². The molecule has 0 heterocycles. The fourth-order valence-corrected chi connectivity index (χ4v) is 5.34. The number of anilines is 1. The van der Waals surface area contributed by atoms with Crippen molar-refractivity contribution in [3.63, 3.8) is 0 Å². The van der Waals surface area contributed by atoms with Crippen molar-refractivity contribution in [1.82, 2.24) is 0 Å². The Kier molecular flexibility index (Phi) is 3.74. The van der Waals surface area contributed by atoms with Gasteiger partial charge in [0.15, 0.2) is 0 Å². The predicted octanol–water partition coefficient (Wildman–Crippen LogP) is 5.93. The van der Waals surface area contributed by atoms with Crippen LogP contribution in [0.5, 0.6) is 0 Å². The molecular formula is C26H25NO. The quantitative estimate of drug-likeness (QED) is 0.597. The van der Waals surface area contributed by atoms with Crippen LogP contribution in [0.2, 0.25) is 0 Å². The van der Waals surface area contributed by atoms with Gasteiger partial charge in [-0.05, 0) is 66.6 Å². The molecule has 0 saturated heterocycles. The van der Waals surface area contributed by atoms with Crippen molar-refractivity contribution >= 4 is 11.6 Å². The van der Waals surface area contributed by atoms with Crippen molar-refractivity contribution in [3.8, 4) is 0 Å². The Balaban J connectivity index is 1.61. The molecule has 2 nitrogen and oxygen atoms in total. The normalized spacial score (nSPS) is 24.4. The van der Waals surface area contributed by atoms with E-state index in [4.69, 9.17) is 0 Å². The fraction of sp³-hybridized carbons (Fsp3) is 0.269. The van der Waals surface area contributed by atoms with Gasteiger partial charge < -0.3 is 5.32 Å². The number of carbonyl (C=O) groups excluding carboxylic acids is 1. The average molecular weight is 367 g/mol. The second-order valence-corrected chi connectivity index (χ2v) is 8.57. The summed E-state index contributed by atoms with van der Waals surface area (Å²) in [7, 11) is 0. The molecule has 2 bridgehead atoms. The van der Waals surface area contributed by atoms with E-state index < -0.39 is 5.41 Å². The second kappa shape index (κ2) is 6.07. The summed E-state index contributed by atoms with van der Waals surface area (Å²) in [5.41, 5.74) is 8.21. The van der Waals surface area contributed by atoms with Gasteiger partial charge in [-0.15, -0.1) is 0 Å². The standard InChI is InChI=1S/C26H25NO/c1-16-9-8-14-23(17(16)2)27-25(28)26(3)15-22-18-10-4-6-12-20(18)24(26)21-13-7-5-11-19(21)22/h4-14,22,24H,15H2,1-3H3,(H,27,28)/t22?,24?,26-/m1/s1. The molecule has 0 unspecified atom stereocenters. The van der Waals surface area contributed by atoms with Crippen molar-refractivity contribution < 1.29 is 4.79 Å². The smallest absolute Gasteiger partial charge is 0.231 e. The summed E-state index contributed by atoms with van der Waals surface area (Å²) in [6.45, 7) is 6.31. The molecule has 1 atom stereocenters.